The molecule has 4 aromatic rings. The lowest BCUT2D eigenvalue weighted by Crippen LogP contribution is -2.24. The molecular weight excluding hydrogens is 362 g/mol. The van der Waals surface area contributed by atoms with E-state index in [-0.39, 0.29) is 18.0 Å². The molecule has 0 fully saturated rings. The van der Waals surface area contributed by atoms with Gasteiger partial charge in [0, 0.05) is 25.7 Å². The number of hydrogen-bond donors (Lipinski definition) is 1. The number of para-hydroxylation sites is 2. The van der Waals surface area contributed by atoms with Crippen molar-refractivity contribution in [2.24, 2.45) is 7.05 Å². The first-order valence-corrected chi connectivity index (χ1v) is 9.77. The Bertz CT molecular complexity index is 1310. The van der Waals surface area contributed by atoms with Crippen molar-refractivity contribution in [2.75, 3.05) is 5.32 Å². The van der Waals surface area contributed by atoms with Gasteiger partial charge in [-0.1, -0.05) is 42.5 Å². The third-order valence-corrected chi connectivity index (χ3v) is 5.70. The fourth-order valence-corrected chi connectivity index (χ4v) is 4.22. The molecule has 144 valence electrons. The summed E-state index contributed by atoms with van der Waals surface area (Å²) in [6.45, 7) is 0.347. The number of imidazole rings is 1. The van der Waals surface area contributed by atoms with Crippen molar-refractivity contribution < 1.29 is 4.79 Å². The van der Waals surface area contributed by atoms with E-state index in [9.17, 15) is 9.59 Å². The molecule has 0 aliphatic heterocycles. The van der Waals surface area contributed by atoms with Gasteiger partial charge in [-0.05, 0) is 52.9 Å². The van der Waals surface area contributed by atoms with Crippen LogP contribution in [0.1, 0.15) is 17.5 Å². The zero-order valence-electron chi connectivity index (χ0n) is 16.2. The molecule has 0 radical (unpaired) electrons. The molecule has 1 amide bonds. The minimum absolute atomic E-state index is 0.101. The molecular formula is C24H21N3O2. The van der Waals surface area contributed by atoms with Crippen molar-refractivity contribution >= 4 is 22.6 Å². The maximum atomic E-state index is 12.6. The van der Waals surface area contributed by atoms with Gasteiger partial charge in [0.05, 0.1) is 11.0 Å². The van der Waals surface area contributed by atoms with Crippen LogP contribution in [0.5, 0.6) is 0 Å². The fourth-order valence-electron chi connectivity index (χ4n) is 4.22. The number of rotatable bonds is 4. The highest BCUT2D eigenvalue weighted by Gasteiger charge is 2.18. The molecule has 0 saturated carbocycles. The zero-order valence-corrected chi connectivity index (χ0v) is 16.2. The first-order chi connectivity index (χ1) is 14.1. The molecule has 0 spiro atoms. The number of hydrogen-bond acceptors (Lipinski definition) is 2. The quantitative estimate of drug-likeness (QED) is 0.511. The molecule has 5 nitrogen and oxygen atoms in total. The van der Waals surface area contributed by atoms with Crippen LogP contribution < -0.4 is 11.0 Å². The van der Waals surface area contributed by atoms with Crippen molar-refractivity contribution in [1.82, 2.24) is 9.13 Å². The van der Waals surface area contributed by atoms with Crippen molar-refractivity contribution in [3.8, 4) is 11.1 Å². The number of nitrogens with zero attached hydrogens (tertiary/aromatic N) is 2. The van der Waals surface area contributed by atoms with Gasteiger partial charge < -0.3 is 5.32 Å². The molecule has 29 heavy (non-hydrogen) atoms. The Morgan fingerprint density at radius 2 is 1.66 bits per heavy atom. The second kappa shape index (κ2) is 6.78. The first-order valence-electron chi connectivity index (χ1n) is 9.77. The van der Waals surface area contributed by atoms with Gasteiger partial charge in [0.2, 0.25) is 5.91 Å². The number of aryl methyl sites for hydroxylation is 2. The molecule has 1 aliphatic carbocycles. The Balaban J connectivity index is 1.33. The second-order valence-electron chi connectivity index (χ2n) is 7.49. The van der Waals surface area contributed by atoms with Crippen LogP contribution in [0.15, 0.2) is 71.5 Å². The maximum Gasteiger partial charge on any atom is 0.328 e. The minimum atomic E-state index is -0.104. The smallest absolute Gasteiger partial charge is 0.326 e. The van der Waals surface area contributed by atoms with Gasteiger partial charge >= 0.3 is 5.69 Å². The van der Waals surface area contributed by atoms with Crippen molar-refractivity contribution in [1.29, 1.82) is 0 Å². The highest BCUT2D eigenvalue weighted by molar-refractivity contribution is 5.92. The lowest BCUT2D eigenvalue weighted by atomic mass is 10.1. The van der Waals surface area contributed by atoms with E-state index in [0.717, 1.165) is 23.1 Å². The van der Waals surface area contributed by atoms with Crippen LogP contribution in [0.3, 0.4) is 0 Å². The van der Waals surface area contributed by atoms with E-state index >= 15 is 0 Å². The number of carbonyl (C=O) groups is 1. The molecule has 0 saturated heterocycles. The number of nitrogens with one attached hydrogen (secondary N) is 1. The van der Waals surface area contributed by atoms with E-state index in [1.807, 2.05) is 42.5 Å². The summed E-state index contributed by atoms with van der Waals surface area (Å²) in [5.74, 6) is -0.101. The molecule has 5 rings (SSSR count). The highest BCUT2D eigenvalue weighted by Crippen LogP contribution is 2.37. The standard InChI is InChI=1S/C24H21N3O2/c1-26-21-8-4-5-9-22(21)27(24(26)29)13-12-23(28)25-18-11-10-17-14-16-6-2-3-7-19(16)20(17)15-18/h2-11,15H,12-14H2,1H3,(H,25,28). The summed E-state index contributed by atoms with van der Waals surface area (Å²) in [7, 11) is 1.75. The molecule has 3 aromatic carbocycles. The largest absolute Gasteiger partial charge is 0.328 e. The van der Waals surface area contributed by atoms with Crippen molar-refractivity contribution in [3.63, 3.8) is 0 Å². The maximum absolute atomic E-state index is 12.6. The van der Waals surface area contributed by atoms with Crippen LogP contribution in [-0.2, 0) is 24.8 Å². The normalized spacial score (nSPS) is 12.0. The van der Waals surface area contributed by atoms with E-state index in [1.165, 1.54) is 22.3 Å². The number of amides is 1. The fraction of sp³-hybridized carbons (Fsp3) is 0.167. The summed E-state index contributed by atoms with van der Waals surface area (Å²) < 4.78 is 3.28. The summed E-state index contributed by atoms with van der Waals surface area (Å²) in [6, 6.07) is 22.1. The molecule has 1 heterocycles. The number of benzene rings is 3. The number of anilines is 1. The van der Waals surface area contributed by atoms with E-state index in [1.54, 1.807) is 16.2 Å². The van der Waals surface area contributed by atoms with Crippen LogP contribution in [0.2, 0.25) is 0 Å². The Hall–Kier alpha value is -3.60. The summed E-state index contributed by atoms with van der Waals surface area (Å²) in [6.07, 6.45) is 1.17. The van der Waals surface area contributed by atoms with E-state index in [4.69, 9.17) is 0 Å². The zero-order chi connectivity index (χ0) is 20.0. The predicted octanol–water partition coefficient (Wildman–Crippen LogP) is 3.94. The molecule has 0 unspecified atom stereocenters. The topological polar surface area (TPSA) is 56.0 Å². The average Bonchev–Trinajstić information content (AvgIpc) is 3.22. The average molecular weight is 383 g/mol. The number of aromatic nitrogens is 2. The molecule has 0 atom stereocenters. The molecule has 5 heteroatoms. The van der Waals surface area contributed by atoms with Gasteiger partial charge in [0.1, 0.15) is 0 Å². The van der Waals surface area contributed by atoms with Crippen molar-refractivity contribution in [2.45, 2.75) is 19.4 Å². The molecule has 1 aliphatic rings. The number of fused-ring (bicyclic) bond motifs is 4. The summed E-state index contributed by atoms with van der Waals surface area (Å²) in [5.41, 5.74) is 7.43. The van der Waals surface area contributed by atoms with Crippen LogP contribution >= 0.6 is 0 Å². The third kappa shape index (κ3) is 2.95. The number of carbonyl (C=O) groups excluding carboxylic acids is 1. The second-order valence-corrected chi connectivity index (χ2v) is 7.49. The monoisotopic (exact) mass is 383 g/mol. The highest BCUT2D eigenvalue weighted by atomic mass is 16.2. The Morgan fingerprint density at radius 3 is 2.52 bits per heavy atom. The van der Waals surface area contributed by atoms with Gasteiger partial charge in [0.25, 0.3) is 0 Å². The lowest BCUT2D eigenvalue weighted by Gasteiger charge is -2.09. The SMILES string of the molecule is Cn1c(=O)n(CCC(=O)Nc2ccc3c(c2)-c2ccccc2C3)c2ccccc21. The molecule has 0 bridgehead atoms. The minimum Gasteiger partial charge on any atom is -0.326 e. The third-order valence-electron chi connectivity index (χ3n) is 5.70. The van der Waals surface area contributed by atoms with Gasteiger partial charge in [-0.2, -0.15) is 0 Å². The van der Waals surface area contributed by atoms with Gasteiger partial charge in [-0.3, -0.25) is 13.9 Å². The Morgan fingerprint density at radius 1 is 0.931 bits per heavy atom. The van der Waals surface area contributed by atoms with Gasteiger partial charge in [0.15, 0.2) is 0 Å². The molecule has 1 N–H and O–H groups in total. The van der Waals surface area contributed by atoms with E-state index in [2.05, 4.69) is 29.6 Å². The van der Waals surface area contributed by atoms with Crippen LogP contribution in [0, 0.1) is 0 Å². The Kier molecular flexibility index (Phi) is 4.09. The van der Waals surface area contributed by atoms with Crippen LogP contribution in [0.25, 0.3) is 22.2 Å². The first kappa shape index (κ1) is 17.5. The molecule has 1 aromatic heterocycles. The van der Waals surface area contributed by atoms with Crippen molar-refractivity contribution in [3.05, 3.63) is 88.3 Å². The Labute approximate surface area is 168 Å². The van der Waals surface area contributed by atoms with E-state index in [0.29, 0.717) is 6.54 Å². The summed E-state index contributed by atoms with van der Waals surface area (Å²) in [5, 5.41) is 2.99. The van der Waals surface area contributed by atoms with Gasteiger partial charge in [-0.15, -0.1) is 0 Å². The van der Waals surface area contributed by atoms with E-state index < -0.39 is 0 Å². The summed E-state index contributed by atoms with van der Waals surface area (Å²) in [4.78, 5) is 25.1. The lowest BCUT2D eigenvalue weighted by molar-refractivity contribution is -0.116. The summed E-state index contributed by atoms with van der Waals surface area (Å²) >= 11 is 0. The van der Waals surface area contributed by atoms with Gasteiger partial charge in [-0.25, -0.2) is 4.79 Å². The predicted molar refractivity (Wildman–Crippen MR) is 115 cm³/mol. The van der Waals surface area contributed by atoms with Crippen LogP contribution in [-0.4, -0.2) is 15.0 Å². The van der Waals surface area contributed by atoms with Crippen LogP contribution in [0.4, 0.5) is 5.69 Å².